The topological polar surface area (TPSA) is 105 Å². The lowest BCUT2D eigenvalue weighted by Crippen LogP contribution is -2.07. The highest BCUT2D eigenvalue weighted by Crippen LogP contribution is 2.21. The molecular formula is C14H13N3O4. The molecule has 0 amide bonds. The zero-order valence-corrected chi connectivity index (χ0v) is 11.2. The van der Waals surface area contributed by atoms with Crippen molar-refractivity contribution in [1.82, 2.24) is 4.98 Å². The molecule has 0 saturated carbocycles. The third-order valence-corrected chi connectivity index (χ3v) is 3.01. The van der Waals surface area contributed by atoms with Crippen LogP contribution in [0, 0.1) is 10.1 Å². The summed E-state index contributed by atoms with van der Waals surface area (Å²) < 4.78 is 0. The maximum atomic E-state index is 10.9. The normalized spacial score (nSPS) is 11.7. The predicted molar refractivity (Wildman–Crippen MR) is 76.7 cm³/mol. The lowest BCUT2D eigenvalue weighted by Gasteiger charge is -2.09. The number of carbonyl (C=O) groups is 1. The Morgan fingerprint density at radius 2 is 1.95 bits per heavy atom. The molecule has 2 aromatic rings. The van der Waals surface area contributed by atoms with Crippen molar-refractivity contribution in [2.24, 2.45) is 0 Å². The van der Waals surface area contributed by atoms with E-state index in [0.29, 0.717) is 11.4 Å². The van der Waals surface area contributed by atoms with Crippen molar-refractivity contribution >= 4 is 23.2 Å². The minimum Gasteiger partial charge on any atom is -0.481 e. The molecule has 108 valence electrons. The van der Waals surface area contributed by atoms with Gasteiger partial charge in [0.05, 0.1) is 10.8 Å². The molecule has 0 aliphatic carbocycles. The number of benzene rings is 1. The van der Waals surface area contributed by atoms with Crippen molar-refractivity contribution in [2.75, 3.05) is 5.32 Å². The summed E-state index contributed by atoms with van der Waals surface area (Å²) in [6.45, 7) is 1.61. The molecule has 2 N–H and O–H groups in total. The summed E-state index contributed by atoms with van der Waals surface area (Å²) in [6, 6.07) is 9.76. The van der Waals surface area contributed by atoms with E-state index >= 15 is 0 Å². The Labute approximate surface area is 120 Å². The second kappa shape index (κ2) is 6.00. The molecule has 0 aliphatic heterocycles. The standard InChI is InChI=1S/C14H13N3O4/c1-9(14(18)19)10-2-4-11(5-3-10)16-13-7-6-12(8-15-13)17(20)21/h2-9H,1H3,(H,15,16)(H,18,19)/t9-/m0/s1. The predicted octanol–water partition coefficient (Wildman–Crippen LogP) is 2.92. The van der Waals surface area contributed by atoms with Gasteiger partial charge in [0.25, 0.3) is 5.69 Å². The Kier molecular flexibility index (Phi) is 4.13. The quantitative estimate of drug-likeness (QED) is 0.647. The minimum absolute atomic E-state index is 0.0776. The van der Waals surface area contributed by atoms with Crippen molar-refractivity contribution in [3.05, 3.63) is 58.3 Å². The van der Waals surface area contributed by atoms with Crippen molar-refractivity contribution < 1.29 is 14.8 Å². The van der Waals surface area contributed by atoms with E-state index in [4.69, 9.17) is 5.11 Å². The van der Waals surface area contributed by atoms with E-state index in [1.807, 2.05) is 0 Å². The van der Waals surface area contributed by atoms with Gasteiger partial charge in [0.15, 0.2) is 0 Å². The monoisotopic (exact) mass is 287 g/mol. The van der Waals surface area contributed by atoms with Gasteiger partial charge in [0, 0.05) is 11.8 Å². The van der Waals surface area contributed by atoms with Crippen LogP contribution in [0.4, 0.5) is 17.2 Å². The van der Waals surface area contributed by atoms with E-state index in [2.05, 4.69) is 10.3 Å². The maximum Gasteiger partial charge on any atom is 0.310 e. The lowest BCUT2D eigenvalue weighted by atomic mass is 10.0. The van der Waals surface area contributed by atoms with Gasteiger partial charge in [-0.1, -0.05) is 12.1 Å². The Morgan fingerprint density at radius 1 is 1.29 bits per heavy atom. The molecule has 1 heterocycles. The smallest absolute Gasteiger partial charge is 0.310 e. The summed E-state index contributed by atoms with van der Waals surface area (Å²) >= 11 is 0. The van der Waals surface area contributed by atoms with Crippen molar-refractivity contribution in [3.8, 4) is 0 Å². The number of hydrogen-bond donors (Lipinski definition) is 2. The molecule has 21 heavy (non-hydrogen) atoms. The van der Waals surface area contributed by atoms with Gasteiger partial charge in [0.2, 0.25) is 0 Å². The average molecular weight is 287 g/mol. The first-order valence-electron chi connectivity index (χ1n) is 6.17. The first-order valence-corrected chi connectivity index (χ1v) is 6.17. The highest BCUT2D eigenvalue weighted by molar-refractivity contribution is 5.75. The molecule has 7 nitrogen and oxygen atoms in total. The fourth-order valence-corrected chi connectivity index (χ4v) is 1.71. The van der Waals surface area contributed by atoms with E-state index in [1.165, 1.54) is 18.3 Å². The van der Waals surface area contributed by atoms with E-state index in [1.54, 1.807) is 31.2 Å². The summed E-state index contributed by atoms with van der Waals surface area (Å²) in [6.07, 6.45) is 1.17. The largest absolute Gasteiger partial charge is 0.481 e. The van der Waals surface area contributed by atoms with Crippen molar-refractivity contribution in [2.45, 2.75) is 12.8 Å². The van der Waals surface area contributed by atoms with Gasteiger partial charge in [0.1, 0.15) is 12.0 Å². The summed E-state index contributed by atoms with van der Waals surface area (Å²) in [5.74, 6) is -0.982. The number of nitro groups is 1. The second-order valence-corrected chi connectivity index (χ2v) is 4.47. The van der Waals surface area contributed by atoms with Crippen LogP contribution in [0.1, 0.15) is 18.4 Å². The molecule has 0 bridgehead atoms. The number of carboxylic acid groups (broad SMARTS) is 1. The Morgan fingerprint density at radius 3 is 2.43 bits per heavy atom. The first-order chi connectivity index (χ1) is 9.97. The van der Waals surface area contributed by atoms with Crippen LogP contribution in [0.5, 0.6) is 0 Å². The molecule has 2 rings (SSSR count). The summed E-state index contributed by atoms with van der Waals surface area (Å²) in [4.78, 5) is 24.8. The number of nitrogens with one attached hydrogen (secondary N) is 1. The number of carboxylic acids is 1. The maximum absolute atomic E-state index is 10.9. The number of pyridine rings is 1. The van der Waals surface area contributed by atoms with Gasteiger partial charge in [-0.25, -0.2) is 4.98 Å². The highest BCUT2D eigenvalue weighted by atomic mass is 16.6. The Balaban J connectivity index is 2.09. The molecular weight excluding hydrogens is 274 g/mol. The summed E-state index contributed by atoms with van der Waals surface area (Å²) in [7, 11) is 0. The average Bonchev–Trinajstić information content (AvgIpc) is 2.47. The zero-order chi connectivity index (χ0) is 15.4. The molecule has 0 unspecified atom stereocenters. The van der Waals surface area contributed by atoms with Crippen LogP contribution >= 0.6 is 0 Å². The van der Waals surface area contributed by atoms with Crippen LogP contribution in [0.15, 0.2) is 42.6 Å². The molecule has 1 atom stereocenters. The van der Waals surface area contributed by atoms with E-state index in [0.717, 1.165) is 5.69 Å². The molecule has 1 aromatic carbocycles. The van der Waals surface area contributed by atoms with Gasteiger partial charge in [-0.05, 0) is 30.7 Å². The fraction of sp³-hybridized carbons (Fsp3) is 0.143. The number of hydrogen-bond acceptors (Lipinski definition) is 5. The highest BCUT2D eigenvalue weighted by Gasteiger charge is 2.13. The summed E-state index contributed by atoms with van der Waals surface area (Å²) in [5.41, 5.74) is 1.34. The van der Waals surface area contributed by atoms with Crippen LogP contribution in [0.25, 0.3) is 0 Å². The first kappa shape index (κ1) is 14.4. The third-order valence-electron chi connectivity index (χ3n) is 3.01. The second-order valence-electron chi connectivity index (χ2n) is 4.47. The Hall–Kier alpha value is -2.96. The van der Waals surface area contributed by atoms with Crippen molar-refractivity contribution in [3.63, 3.8) is 0 Å². The molecule has 0 radical (unpaired) electrons. The zero-order valence-electron chi connectivity index (χ0n) is 11.2. The van der Waals surface area contributed by atoms with Gasteiger partial charge in [-0.15, -0.1) is 0 Å². The fourth-order valence-electron chi connectivity index (χ4n) is 1.71. The molecule has 0 saturated heterocycles. The molecule has 0 fully saturated rings. The molecule has 1 aromatic heterocycles. The van der Waals surface area contributed by atoms with Crippen LogP contribution in [0.2, 0.25) is 0 Å². The van der Waals surface area contributed by atoms with Crippen molar-refractivity contribution in [1.29, 1.82) is 0 Å². The van der Waals surface area contributed by atoms with E-state index in [9.17, 15) is 14.9 Å². The van der Waals surface area contributed by atoms with Gasteiger partial charge >= 0.3 is 5.97 Å². The van der Waals surface area contributed by atoms with Gasteiger partial charge < -0.3 is 10.4 Å². The lowest BCUT2D eigenvalue weighted by molar-refractivity contribution is -0.385. The number of anilines is 2. The van der Waals surface area contributed by atoms with Crippen LogP contribution < -0.4 is 5.32 Å². The molecule has 0 aliphatic rings. The van der Waals surface area contributed by atoms with Crippen LogP contribution in [-0.2, 0) is 4.79 Å². The number of nitrogens with zero attached hydrogens (tertiary/aromatic N) is 2. The third kappa shape index (κ3) is 3.53. The minimum atomic E-state index is -0.882. The van der Waals surface area contributed by atoms with Gasteiger partial charge in [-0.3, -0.25) is 14.9 Å². The molecule has 0 spiro atoms. The van der Waals surface area contributed by atoms with E-state index in [-0.39, 0.29) is 5.69 Å². The number of rotatable bonds is 5. The SMILES string of the molecule is C[C@H](C(=O)O)c1ccc(Nc2ccc([N+](=O)[O-])cn2)cc1. The molecule has 7 heteroatoms. The van der Waals surface area contributed by atoms with Crippen LogP contribution in [-0.4, -0.2) is 21.0 Å². The number of aliphatic carboxylic acids is 1. The summed E-state index contributed by atoms with van der Waals surface area (Å²) in [5, 5.41) is 22.4. The Bertz CT molecular complexity index is 653. The van der Waals surface area contributed by atoms with Gasteiger partial charge in [-0.2, -0.15) is 0 Å². The van der Waals surface area contributed by atoms with E-state index < -0.39 is 16.8 Å². The van der Waals surface area contributed by atoms with Crippen LogP contribution in [0.3, 0.4) is 0 Å². The number of aromatic nitrogens is 1.